The van der Waals surface area contributed by atoms with E-state index in [1.54, 1.807) is 18.2 Å². The monoisotopic (exact) mass is 386 g/mol. The Bertz CT molecular complexity index is 801. The molecule has 0 saturated carbocycles. The number of ketones is 1. The van der Waals surface area contributed by atoms with Gasteiger partial charge in [0, 0.05) is 5.56 Å². The maximum Gasteiger partial charge on any atom is 0.229 e. The first-order chi connectivity index (χ1) is 13.5. The standard InChI is InChI=1S/C21H22O7/c22-12-17-18(24)19(25)20(26)21(28-17)27-15-9-7-14(8-10-15)16(23)11-6-13-4-2-1-3-5-13/h1-11,17-22,24-26H,12H2/t17-,18-,19+,20-,21?/m1/s1. The maximum atomic E-state index is 12.3. The summed E-state index contributed by atoms with van der Waals surface area (Å²) in [5.41, 5.74) is 1.37. The molecule has 28 heavy (non-hydrogen) atoms. The molecule has 2 aromatic carbocycles. The Kier molecular flexibility index (Phi) is 6.56. The van der Waals surface area contributed by atoms with Crippen LogP contribution in [-0.2, 0) is 4.74 Å². The Balaban J connectivity index is 1.64. The van der Waals surface area contributed by atoms with E-state index in [0.717, 1.165) is 5.56 Å². The van der Waals surface area contributed by atoms with Gasteiger partial charge in [-0.2, -0.15) is 0 Å². The molecular weight excluding hydrogens is 364 g/mol. The van der Waals surface area contributed by atoms with E-state index in [4.69, 9.17) is 9.47 Å². The van der Waals surface area contributed by atoms with E-state index >= 15 is 0 Å². The van der Waals surface area contributed by atoms with Crippen LogP contribution >= 0.6 is 0 Å². The van der Waals surface area contributed by atoms with Crippen molar-refractivity contribution in [1.29, 1.82) is 0 Å². The smallest absolute Gasteiger partial charge is 0.229 e. The van der Waals surface area contributed by atoms with Gasteiger partial charge in [-0.15, -0.1) is 0 Å². The number of hydrogen-bond acceptors (Lipinski definition) is 7. The highest BCUT2D eigenvalue weighted by molar-refractivity contribution is 6.06. The Morgan fingerprint density at radius 3 is 2.29 bits per heavy atom. The molecule has 0 radical (unpaired) electrons. The molecular formula is C21H22O7. The van der Waals surface area contributed by atoms with Crippen molar-refractivity contribution in [3.05, 3.63) is 71.8 Å². The highest BCUT2D eigenvalue weighted by Crippen LogP contribution is 2.24. The van der Waals surface area contributed by atoms with E-state index in [9.17, 15) is 25.2 Å². The topological polar surface area (TPSA) is 116 Å². The number of carbonyl (C=O) groups excluding carboxylic acids is 1. The largest absolute Gasteiger partial charge is 0.462 e. The predicted octanol–water partition coefficient (Wildman–Crippen LogP) is 0.761. The average Bonchev–Trinajstić information content (AvgIpc) is 2.73. The van der Waals surface area contributed by atoms with Gasteiger partial charge < -0.3 is 29.9 Å². The molecule has 1 fully saturated rings. The van der Waals surface area contributed by atoms with E-state index in [0.29, 0.717) is 11.3 Å². The second-order valence-electron chi connectivity index (χ2n) is 6.45. The fourth-order valence-electron chi connectivity index (χ4n) is 2.83. The second-order valence-corrected chi connectivity index (χ2v) is 6.45. The van der Waals surface area contributed by atoms with Gasteiger partial charge in [-0.25, -0.2) is 0 Å². The molecule has 0 aliphatic carbocycles. The van der Waals surface area contributed by atoms with Crippen molar-refractivity contribution in [2.75, 3.05) is 6.61 Å². The Labute approximate surface area is 162 Å². The first kappa shape index (κ1) is 20.2. The number of aliphatic hydroxyl groups is 4. The van der Waals surface area contributed by atoms with E-state index < -0.39 is 37.3 Å². The van der Waals surface area contributed by atoms with Crippen LogP contribution in [0.3, 0.4) is 0 Å². The Morgan fingerprint density at radius 1 is 0.964 bits per heavy atom. The fourth-order valence-corrected chi connectivity index (χ4v) is 2.83. The number of rotatable bonds is 6. The number of benzene rings is 2. The molecule has 0 amide bonds. The highest BCUT2D eigenvalue weighted by atomic mass is 16.7. The number of aliphatic hydroxyl groups excluding tert-OH is 4. The van der Waals surface area contributed by atoms with Crippen LogP contribution in [0, 0.1) is 0 Å². The van der Waals surface area contributed by atoms with Gasteiger partial charge in [0.15, 0.2) is 5.78 Å². The van der Waals surface area contributed by atoms with Crippen LogP contribution in [0.5, 0.6) is 5.75 Å². The van der Waals surface area contributed by atoms with Gasteiger partial charge in [-0.05, 0) is 35.9 Å². The fraction of sp³-hybridized carbons (Fsp3) is 0.286. The third-order valence-corrected chi connectivity index (χ3v) is 4.47. The lowest BCUT2D eigenvalue weighted by atomic mass is 9.99. The van der Waals surface area contributed by atoms with E-state index in [1.165, 1.54) is 18.2 Å². The normalized spacial score (nSPS) is 27.6. The zero-order chi connectivity index (χ0) is 20.1. The summed E-state index contributed by atoms with van der Waals surface area (Å²) < 4.78 is 10.8. The second kappa shape index (κ2) is 9.09. The zero-order valence-corrected chi connectivity index (χ0v) is 15.0. The molecule has 2 aromatic rings. The molecule has 7 nitrogen and oxygen atoms in total. The van der Waals surface area contributed by atoms with Crippen molar-refractivity contribution in [3.8, 4) is 5.75 Å². The van der Waals surface area contributed by atoms with Crippen molar-refractivity contribution >= 4 is 11.9 Å². The molecule has 0 spiro atoms. The zero-order valence-electron chi connectivity index (χ0n) is 15.0. The first-order valence-corrected chi connectivity index (χ1v) is 8.84. The molecule has 3 rings (SSSR count). The van der Waals surface area contributed by atoms with Crippen LogP contribution in [0.1, 0.15) is 15.9 Å². The lowest BCUT2D eigenvalue weighted by Crippen LogP contribution is -2.60. The number of hydrogen-bond donors (Lipinski definition) is 4. The van der Waals surface area contributed by atoms with Crippen molar-refractivity contribution in [2.24, 2.45) is 0 Å². The minimum absolute atomic E-state index is 0.178. The van der Waals surface area contributed by atoms with E-state index in [-0.39, 0.29) is 5.78 Å². The maximum absolute atomic E-state index is 12.3. The van der Waals surface area contributed by atoms with Crippen LogP contribution in [0.25, 0.3) is 6.08 Å². The molecule has 148 valence electrons. The Morgan fingerprint density at radius 2 is 1.64 bits per heavy atom. The number of allylic oxidation sites excluding steroid dienone is 1. The van der Waals surface area contributed by atoms with Crippen LogP contribution in [0.4, 0.5) is 0 Å². The van der Waals surface area contributed by atoms with Gasteiger partial charge in [0.2, 0.25) is 6.29 Å². The summed E-state index contributed by atoms with van der Waals surface area (Å²) in [5, 5.41) is 38.8. The van der Waals surface area contributed by atoms with Gasteiger partial charge >= 0.3 is 0 Å². The van der Waals surface area contributed by atoms with Crippen LogP contribution in [-0.4, -0.2) is 63.5 Å². The molecule has 0 bridgehead atoms. The molecule has 7 heteroatoms. The van der Waals surface area contributed by atoms with Gasteiger partial charge in [0.05, 0.1) is 6.61 Å². The third kappa shape index (κ3) is 4.64. The van der Waals surface area contributed by atoms with Gasteiger partial charge in [-0.3, -0.25) is 4.79 Å². The Hall–Kier alpha value is -2.55. The molecule has 4 N–H and O–H groups in total. The summed E-state index contributed by atoms with van der Waals surface area (Å²) in [6, 6.07) is 15.6. The first-order valence-electron chi connectivity index (χ1n) is 8.84. The SMILES string of the molecule is O=C(C=Cc1ccccc1)c1ccc(OC2O[C@H](CO)[C@@H](O)[C@H](O)[C@H]2O)cc1. The van der Waals surface area contributed by atoms with Crippen LogP contribution in [0.15, 0.2) is 60.7 Å². The summed E-state index contributed by atoms with van der Waals surface area (Å²) >= 11 is 0. The molecule has 1 aliphatic rings. The molecule has 0 aromatic heterocycles. The van der Waals surface area contributed by atoms with E-state index in [2.05, 4.69) is 0 Å². The summed E-state index contributed by atoms with van der Waals surface area (Å²) in [5.74, 6) is 0.121. The van der Waals surface area contributed by atoms with Crippen molar-refractivity contribution < 1.29 is 34.7 Å². The summed E-state index contributed by atoms with van der Waals surface area (Å²) in [4.78, 5) is 12.3. The summed E-state index contributed by atoms with van der Waals surface area (Å²) in [7, 11) is 0. The quantitative estimate of drug-likeness (QED) is 0.428. The average molecular weight is 386 g/mol. The molecule has 1 aliphatic heterocycles. The van der Waals surface area contributed by atoms with Gasteiger partial charge in [0.25, 0.3) is 0 Å². The predicted molar refractivity (Wildman–Crippen MR) is 101 cm³/mol. The van der Waals surface area contributed by atoms with E-state index in [1.807, 2.05) is 30.3 Å². The minimum Gasteiger partial charge on any atom is -0.462 e. The number of carbonyl (C=O) groups is 1. The lowest BCUT2D eigenvalue weighted by molar-refractivity contribution is -0.277. The molecule has 1 unspecified atom stereocenters. The van der Waals surface area contributed by atoms with Gasteiger partial charge in [0.1, 0.15) is 30.2 Å². The summed E-state index contributed by atoms with van der Waals surface area (Å²) in [6.45, 7) is -0.536. The van der Waals surface area contributed by atoms with Gasteiger partial charge in [-0.1, -0.05) is 36.4 Å². The molecule has 1 heterocycles. The van der Waals surface area contributed by atoms with Crippen LogP contribution in [0.2, 0.25) is 0 Å². The third-order valence-electron chi connectivity index (χ3n) is 4.47. The molecule has 1 saturated heterocycles. The molecule has 5 atom stereocenters. The number of ether oxygens (including phenoxy) is 2. The minimum atomic E-state index is -1.51. The lowest BCUT2D eigenvalue weighted by Gasteiger charge is -2.39. The van der Waals surface area contributed by atoms with Crippen LogP contribution < -0.4 is 4.74 Å². The highest BCUT2D eigenvalue weighted by Gasteiger charge is 2.44. The van der Waals surface area contributed by atoms with Crippen molar-refractivity contribution in [2.45, 2.75) is 30.7 Å². The van der Waals surface area contributed by atoms with Crippen molar-refractivity contribution in [1.82, 2.24) is 0 Å². The van der Waals surface area contributed by atoms with Crippen molar-refractivity contribution in [3.63, 3.8) is 0 Å². The summed E-state index contributed by atoms with van der Waals surface area (Å²) in [6.07, 6.45) is -3.57.